The van der Waals surface area contributed by atoms with E-state index in [-0.39, 0.29) is 0 Å². The lowest BCUT2D eigenvalue weighted by Gasteiger charge is -2.38. The third kappa shape index (κ3) is 5.41. The maximum absolute atomic E-state index is 6.02. The van der Waals surface area contributed by atoms with E-state index < -0.39 is 0 Å². The zero-order chi connectivity index (χ0) is 13.6. The number of rotatable bonds is 9. The normalized spacial score (nSPS) is 31.6. The van der Waals surface area contributed by atoms with Crippen molar-refractivity contribution in [3.63, 3.8) is 0 Å². The van der Waals surface area contributed by atoms with Gasteiger partial charge in [-0.25, -0.2) is 0 Å². The van der Waals surface area contributed by atoms with Gasteiger partial charge in [-0.2, -0.15) is 0 Å². The van der Waals surface area contributed by atoms with Crippen LogP contribution in [0.5, 0.6) is 0 Å². The Morgan fingerprint density at radius 1 is 1.21 bits per heavy atom. The fraction of sp³-hybridized carbons (Fsp3) is 1.00. The fourth-order valence-corrected chi connectivity index (χ4v) is 3.01. The second-order valence-corrected chi connectivity index (χ2v) is 6.94. The molecule has 0 amide bonds. The number of hydrogen-bond acceptors (Lipinski definition) is 3. The Morgan fingerprint density at radius 3 is 2.58 bits per heavy atom. The van der Waals surface area contributed by atoms with Crippen molar-refractivity contribution in [2.45, 2.75) is 51.9 Å². The molecule has 0 saturated heterocycles. The van der Waals surface area contributed by atoms with E-state index in [1.807, 2.05) is 0 Å². The number of nitrogens with two attached hydrogens (primary N) is 1. The highest BCUT2D eigenvalue weighted by Crippen LogP contribution is 2.37. The van der Waals surface area contributed by atoms with Crippen LogP contribution >= 0.6 is 0 Å². The third-order valence-electron chi connectivity index (χ3n) is 4.96. The predicted octanol–water partition coefficient (Wildman–Crippen LogP) is 2.55. The fourth-order valence-electron chi connectivity index (χ4n) is 3.01. The Labute approximate surface area is 118 Å². The summed E-state index contributed by atoms with van der Waals surface area (Å²) in [6.07, 6.45) is 9.20. The highest BCUT2D eigenvalue weighted by molar-refractivity contribution is 4.87. The molecule has 0 spiro atoms. The minimum absolute atomic E-state index is 0.376. The molecule has 0 aromatic rings. The molecule has 2 saturated carbocycles. The van der Waals surface area contributed by atoms with Crippen LogP contribution in [0, 0.1) is 17.3 Å². The maximum Gasteiger partial charge on any atom is 0.0494 e. The molecule has 0 aromatic heterocycles. The van der Waals surface area contributed by atoms with Crippen LogP contribution in [-0.4, -0.2) is 32.8 Å². The van der Waals surface area contributed by atoms with Gasteiger partial charge in [0.1, 0.15) is 0 Å². The summed E-state index contributed by atoms with van der Waals surface area (Å²) in [5.41, 5.74) is 6.40. The highest BCUT2D eigenvalue weighted by Gasteiger charge is 2.32. The van der Waals surface area contributed by atoms with Crippen molar-refractivity contribution < 1.29 is 4.74 Å². The number of ether oxygens (including phenoxy) is 1. The topological polar surface area (TPSA) is 47.3 Å². The zero-order valence-electron chi connectivity index (χ0n) is 12.6. The maximum atomic E-state index is 6.02. The van der Waals surface area contributed by atoms with E-state index in [0.29, 0.717) is 5.41 Å². The molecule has 2 fully saturated rings. The Kier molecular flexibility index (Phi) is 6.11. The van der Waals surface area contributed by atoms with Crippen molar-refractivity contribution in [2.24, 2.45) is 23.0 Å². The van der Waals surface area contributed by atoms with E-state index in [2.05, 4.69) is 12.2 Å². The van der Waals surface area contributed by atoms with Crippen molar-refractivity contribution in [2.75, 3.05) is 32.8 Å². The molecule has 3 heteroatoms. The highest BCUT2D eigenvalue weighted by atomic mass is 16.5. The van der Waals surface area contributed by atoms with E-state index >= 15 is 0 Å². The van der Waals surface area contributed by atoms with Crippen molar-refractivity contribution in [3.8, 4) is 0 Å². The summed E-state index contributed by atoms with van der Waals surface area (Å²) in [7, 11) is 0. The molecule has 112 valence electrons. The van der Waals surface area contributed by atoms with Crippen molar-refractivity contribution in [1.29, 1.82) is 0 Å². The quantitative estimate of drug-likeness (QED) is 0.632. The van der Waals surface area contributed by atoms with Crippen LogP contribution in [0.4, 0.5) is 0 Å². The first kappa shape index (κ1) is 15.3. The van der Waals surface area contributed by atoms with Gasteiger partial charge in [-0.1, -0.05) is 19.8 Å². The lowest BCUT2D eigenvalue weighted by atomic mass is 9.71. The molecule has 0 unspecified atom stereocenters. The molecule has 2 aliphatic rings. The lowest BCUT2D eigenvalue weighted by molar-refractivity contribution is 0.119. The molecule has 0 aliphatic heterocycles. The van der Waals surface area contributed by atoms with E-state index in [0.717, 1.165) is 51.1 Å². The van der Waals surface area contributed by atoms with Gasteiger partial charge in [0.25, 0.3) is 0 Å². The Balaban J connectivity index is 1.50. The first-order valence-corrected chi connectivity index (χ1v) is 8.23. The van der Waals surface area contributed by atoms with Crippen LogP contribution in [0.2, 0.25) is 0 Å². The molecular formula is C16H32N2O. The molecular weight excluding hydrogens is 236 g/mol. The van der Waals surface area contributed by atoms with E-state index in [4.69, 9.17) is 10.5 Å². The van der Waals surface area contributed by atoms with Crippen LogP contribution in [-0.2, 0) is 4.74 Å². The van der Waals surface area contributed by atoms with Gasteiger partial charge in [0.2, 0.25) is 0 Å². The van der Waals surface area contributed by atoms with E-state index in [1.54, 1.807) is 0 Å². The largest absolute Gasteiger partial charge is 0.381 e. The first-order chi connectivity index (χ1) is 9.24. The lowest BCUT2D eigenvalue weighted by Crippen LogP contribution is -2.43. The smallest absolute Gasteiger partial charge is 0.0494 e. The standard InChI is InChI=1S/C16H32N2O/c1-14-5-7-16(12-17,8-6-14)13-18-9-2-10-19-11-15-3-4-15/h14-15,18H,2-13,17H2,1H3. The van der Waals surface area contributed by atoms with Gasteiger partial charge in [-0.15, -0.1) is 0 Å². The first-order valence-electron chi connectivity index (χ1n) is 8.23. The van der Waals surface area contributed by atoms with Gasteiger partial charge >= 0.3 is 0 Å². The van der Waals surface area contributed by atoms with Gasteiger partial charge in [-0.05, 0) is 62.4 Å². The van der Waals surface area contributed by atoms with Crippen LogP contribution in [0.1, 0.15) is 51.9 Å². The Hall–Kier alpha value is -0.120. The molecule has 19 heavy (non-hydrogen) atoms. The summed E-state index contributed by atoms with van der Waals surface area (Å²) in [6.45, 7) is 7.28. The van der Waals surface area contributed by atoms with Gasteiger partial charge in [0, 0.05) is 19.8 Å². The summed E-state index contributed by atoms with van der Waals surface area (Å²) in [5.74, 6) is 1.79. The SMILES string of the molecule is CC1CCC(CN)(CNCCCOCC2CC2)CC1. The molecule has 2 rings (SSSR count). The van der Waals surface area contributed by atoms with Crippen molar-refractivity contribution in [3.05, 3.63) is 0 Å². The Morgan fingerprint density at radius 2 is 1.95 bits per heavy atom. The van der Waals surface area contributed by atoms with Crippen LogP contribution in [0.3, 0.4) is 0 Å². The van der Waals surface area contributed by atoms with Crippen molar-refractivity contribution >= 4 is 0 Å². The average molecular weight is 268 g/mol. The summed E-state index contributed by atoms with van der Waals surface area (Å²) in [5, 5.41) is 3.61. The van der Waals surface area contributed by atoms with E-state index in [1.165, 1.54) is 38.5 Å². The van der Waals surface area contributed by atoms with Gasteiger partial charge in [0.15, 0.2) is 0 Å². The molecule has 0 aromatic carbocycles. The van der Waals surface area contributed by atoms with Crippen LogP contribution < -0.4 is 11.1 Å². The van der Waals surface area contributed by atoms with Gasteiger partial charge < -0.3 is 15.8 Å². The second-order valence-electron chi connectivity index (χ2n) is 6.94. The number of nitrogens with one attached hydrogen (secondary N) is 1. The van der Waals surface area contributed by atoms with Crippen LogP contribution in [0.15, 0.2) is 0 Å². The van der Waals surface area contributed by atoms with Crippen molar-refractivity contribution in [1.82, 2.24) is 5.32 Å². The average Bonchev–Trinajstić information content (AvgIpc) is 3.24. The summed E-state index contributed by atoms with van der Waals surface area (Å²) in [4.78, 5) is 0. The molecule has 2 aliphatic carbocycles. The summed E-state index contributed by atoms with van der Waals surface area (Å²) in [6, 6.07) is 0. The van der Waals surface area contributed by atoms with E-state index in [9.17, 15) is 0 Å². The molecule has 0 atom stereocenters. The zero-order valence-corrected chi connectivity index (χ0v) is 12.6. The molecule has 3 nitrogen and oxygen atoms in total. The molecule has 0 heterocycles. The number of hydrogen-bond donors (Lipinski definition) is 2. The van der Waals surface area contributed by atoms with Gasteiger partial charge in [0.05, 0.1) is 0 Å². The summed E-state index contributed by atoms with van der Waals surface area (Å²) < 4.78 is 5.65. The molecule has 3 N–H and O–H groups in total. The Bertz CT molecular complexity index is 245. The van der Waals surface area contributed by atoms with Crippen LogP contribution in [0.25, 0.3) is 0 Å². The monoisotopic (exact) mass is 268 g/mol. The minimum Gasteiger partial charge on any atom is -0.381 e. The second kappa shape index (κ2) is 7.61. The predicted molar refractivity (Wildman–Crippen MR) is 80.1 cm³/mol. The third-order valence-corrected chi connectivity index (χ3v) is 4.96. The van der Waals surface area contributed by atoms with Gasteiger partial charge in [-0.3, -0.25) is 0 Å². The molecule has 0 bridgehead atoms. The summed E-state index contributed by atoms with van der Waals surface area (Å²) >= 11 is 0. The molecule has 0 radical (unpaired) electrons. The minimum atomic E-state index is 0.376.